The van der Waals surface area contributed by atoms with Crippen LogP contribution in [0, 0.1) is 11.8 Å². The number of hydrogen-bond acceptors (Lipinski definition) is 4. The third-order valence-corrected chi connectivity index (χ3v) is 4.82. The smallest absolute Gasteiger partial charge is 0.396 e. The highest BCUT2D eigenvalue weighted by Crippen LogP contribution is 2.70. The van der Waals surface area contributed by atoms with Gasteiger partial charge in [-0.1, -0.05) is 0 Å². The number of hydrogen-bond donors (Lipinski definition) is 1. The second-order valence-electron chi connectivity index (χ2n) is 3.71. The van der Waals surface area contributed by atoms with Crippen LogP contribution in [0.25, 0.3) is 0 Å². The van der Waals surface area contributed by atoms with E-state index in [0.29, 0.717) is 0 Å². The lowest BCUT2D eigenvalue weighted by Crippen LogP contribution is -2.24. The molecule has 0 aromatic rings. The lowest BCUT2D eigenvalue weighted by Gasteiger charge is -2.25. The quantitative estimate of drug-likeness (QED) is 0.713. The number of halogens is 2. The molecule has 0 heterocycles. The Balaban J connectivity index is 2.80. The molecule has 16 heavy (non-hydrogen) atoms. The van der Waals surface area contributed by atoms with Crippen LogP contribution in [-0.2, 0) is 13.6 Å². The Hall–Kier alpha value is -0.0300. The third kappa shape index (κ3) is 2.45. The van der Waals surface area contributed by atoms with Gasteiger partial charge < -0.3 is 14.2 Å². The van der Waals surface area contributed by atoms with Crippen LogP contribution >= 0.6 is 7.60 Å². The van der Waals surface area contributed by atoms with Gasteiger partial charge in [-0.2, -0.15) is 8.78 Å². The zero-order valence-electron chi connectivity index (χ0n) is 9.36. The number of aliphatic hydroxyl groups excluding tert-OH is 1. The van der Waals surface area contributed by atoms with E-state index in [1.165, 1.54) is 13.8 Å². The summed E-state index contributed by atoms with van der Waals surface area (Å²) in [5, 5.41) is 8.76. The molecular weight excluding hydrogens is 241 g/mol. The van der Waals surface area contributed by atoms with Crippen LogP contribution < -0.4 is 0 Å². The van der Waals surface area contributed by atoms with Crippen LogP contribution in [-0.4, -0.2) is 30.6 Å². The summed E-state index contributed by atoms with van der Waals surface area (Å²) in [6, 6.07) is 0. The van der Waals surface area contributed by atoms with Crippen molar-refractivity contribution in [1.82, 2.24) is 0 Å². The normalized spacial score (nSPS) is 25.8. The van der Waals surface area contributed by atoms with Crippen molar-refractivity contribution in [3.05, 3.63) is 0 Å². The summed E-state index contributed by atoms with van der Waals surface area (Å²) >= 11 is 0. The summed E-state index contributed by atoms with van der Waals surface area (Å²) < 4.78 is 48.9. The Morgan fingerprint density at radius 3 is 2.19 bits per heavy atom. The molecule has 2 atom stereocenters. The second kappa shape index (κ2) is 5.08. The van der Waals surface area contributed by atoms with Gasteiger partial charge in [0, 0.05) is 12.5 Å². The Labute approximate surface area is 93.5 Å². The van der Waals surface area contributed by atoms with Gasteiger partial charge in [-0.3, -0.25) is 4.57 Å². The van der Waals surface area contributed by atoms with Crippen molar-refractivity contribution in [2.24, 2.45) is 11.8 Å². The molecule has 0 spiro atoms. The largest absolute Gasteiger partial charge is 0.399 e. The molecule has 96 valence electrons. The maximum Gasteiger partial charge on any atom is 0.399 e. The summed E-state index contributed by atoms with van der Waals surface area (Å²) in [4.78, 5) is 0. The zero-order chi connectivity index (χ0) is 12.4. The lowest BCUT2D eigenvalue weighted by atomic mass is 10.3. The lowest BCUT2D eigenvalue weighted by molar-refractivity contribution is 0.0125. The van der Waals surface area contributed by atoms with Crippen LogP contribution in [0.3, 0.4) is 0 Å². The Bertz CT molecular complexity index is 275. The minimum absolute atomic E-state index is 0.0939. The Kier molecular flexibility index (Phi) is 4.46. The molecule has 0 saturated heterocycles. The van der Waals surface area contributed by atoms with Crippen molar-refractivity contribution in [3.63, 3.8) is 0 Å². The van der Waals surface area contributed by atoms with Crippen LogP contribution in [0.2, 0.25) is 0 Å². The van der Waals surface area contributed by atoms with E-state index in [9.17, 15) is 13.3 Å². The van der Waals surface area contributed by atoms with Gasteiger partial charge in [0.25, 0.3) is 0 Å². The van der Waals surface area contributed by atoms with E-state index in [0.717, 1.165) is 0 Å². The second-order valence-corrected chi connectivity index (χ2v) is 5.81. The van der Waals surface area contributed by atoms with Crippen molar-refractivity contribution < 1.29 is 27.5 Å². The third-order valence-electron chi connectivity index (χ3n) is 2.57. The van der Waals surface area contributed by atoms with Crippen LogP contribution in [0.15, 0.2) is 0 Å². The average Bonchev–Trinajstić information content (AvgIpc) is 2.97. The van der Waals surface area contributed by atoms with Crippen molar-refractivity contribution in [1.29, 1.82) is 0 Å². The fourth-order valence-corrected chi connectivity index (χ4v) is 3.45. The van der Waals surface area contributed by atoms with E-state index in [1.54, 1.807) is 0 Å². The first kappa shape index (κ1) is 14.0. The molecule has 0 bridgehead atoms. The van der Waals surface area contributed by atoms with Gasteiger partial charge in [-0.15, -0.1) is 0 Å². The van der Waals surface area contributed by atoms with Crippen LogP contribution in [0.1, 0.15) is 20.3 Å². The predicted octanol–water partition coefficient (Wildman–Crippen LogP) is 2.47. The van der Waals surface area contributed by atoms with E-state index in [1.807, 2.05) is 0 Å². The van der Waals surface area contributed by atoms with Gasteiger partial charge in [-0.25, -0.2) is 0 Å². The van der Waals surface area contributed by atoms with E-state index in [2.05, 4.69) is 9.05 Å². The molecule has 4 nitrogen and oxygen atoms in total. The minimum atomic E-state index is -4.41. The molecule has 1 N–H and O–H groups in total. The molecular formula is C9H17F2O4P. The Morgan fingerprint density at radius 1 is 1.38 bits per heavy atom. The van der Waals surface area contributed by atoms with E-state index in [4.69, 9.17) is 5.11 Å². The predicted molar refractivity (Wildman–Crippen MR) is 54.5 cm³/mol. The molecule has 1 aliphatic rings. The summed E-state index contributed by atoms with van der Waals surface area (Å²) in [7, 11) is -4.41. The highest BCUT2D eigenvalue weighted by molar-refractivity contribution is 7.55. The molecule has 0 radical (unpaired) electrons. The van der Waals surface area contributed by atoms with Crippen molar-refractivity contribution in [3.8, 4) is 0 Å². The maximum atomic E-state index is 13.8. The summed E-state index contributed by atoms with van der Waals surface area (Å²) in [5.74, 6) is -1.59. The van der Waals surface area contributed by atoms with Gasteiger partial charge in [-0.05, 0) is 26.2 Å². The monoisotopic (exact) mass is 258 g/mol. The summed E-state index contributed by atoms with van der Waals surface area (Å²) in [6.07, 6.45) is 0.160. The molecule has 1 saturated carbocycles. The topological polar surface area (TPSA) is 55.8 Å². The van der Waals surface area contributed by atoms with Gasteiger partial charge >= 0.3 is 13.3 Å². The van der Waals surface area contributed by atoms with E-state index >= 15 is 0 Å². The molecule has 0 aromatic heterocycles. The molecule has 1 rings (SSSR count). The molecule has 0 aromatic carbocycles. The molecule has 0 aliphatic heterocycles. The highest BCUT2D eigenvalue weighted by atomic mass is 31.2. The molecule has 0 amide bonds. The molecule has 1 aliphatic carbocycles. The fraction of sp³-hybridized carbons (Fsp3) is 1.00. The van der Waals surface area contributed by atoms with Gasteiger partial charge in [0.05, 0.1) is 13.2 Å². The minimum Gasteiger partial charge on any atom is -0.396 e. The summed E-state index contributed by atoms with van der Waals surface area (Å²) in [5.41, 5.74) is -3.51. The van der Waals surface area contributed by atoms with Gasteiger partial charge in [0.1, 0.15) is 0 Å². The molecule has 0 unspecified atom stereocenters. The number of alkyl halides is 2. The first-order chi connectivity index (χ1) is 7.43. The van der Waals surface area contributed by atoms with E-state index < -0.39 is 25.1 Å². The Morgan fingerprint density at radius 2 is 1.88 bits per heavy atom. The molecule has 7 heteroatoms. The van der Waals surface area contributed by atoms with Crippen molar-refractivity contribution >= 4 is 7.60 Å². The maximum absolute atomic E-state index is 13.8. The van der Waals surface area contributed by atoms with Crippen LogP contribution in [0.4, 0.5) is 8.78 Å². The number of rotatable bonds is 7. The number of aliphatic hydroxyl groups is 1. The first-order valence-electron chi connectivity index (χ1n) is 5.30. The van der Waals surface area contributed by atoms with Crippen molar-refractivity contribution in [2.45, 2.75) is 25.9 Å². The van der Waals surface area contributed by atoms with Gasteiger partial charge in [0.2, 0.25) is 0 Å². The SMILES string of the molecule is CCOP(=O)(OCC)C(F)(F)[C@@H]1C[C@H]1CO. The highest BCUT2D eigenvalue weighted by Gasteiger charge is 2.66. The standard InChI is InChI=1S/C9H17F2O4P/c1-3-14-16(13,15-4-2)9(10,11)8-5-7(8)6-12/h7-8,12H,3-6H2,1-2H3/t7-,8+/m0/s1. The van der Waals surface area contributed by atoms with Crippen molar-refractivity contribution in [2.75, 3.05) is 19.8 Å². The van der Waals surface area contributed by atoms with Gasteiger partial charge in [0.15, 0.2) is 0 Å². The summed E-state index contributed by atoms with van der Waals surface area (Å²) in [6.45, 7) is 2.46. The van der Waals surface area contributed by atoms with Crippen LogP contribution in [0.5, 0.6) is 0 Å². The van der Waals surface area contributed by atoms with E-state index in [-0.39, 0.29) is 26.2 Å². The fourth-order valence-electron chi connectivity index (χ4n) is 1.63. The first-order valence-corrected chi connectivity index (χ1v) is 6.85. The molecule has 1 fully saturated rings. The average molecular weight is 258 g/mol. The zero-order valence-corrected chi connectivity index (χ0v) is 10.3.